The smallest absolute Gasteiger partial charge is 0.305 e. The molecule has 1 aromatic rings. The van der Waals surface area contributed by atoms with Crippen LogP contribution < -0.4 is 5.32 Å². The number of amides is 1. The maximum atomic E-state index is 12.0. The molecule has 8 heteroatoms. The van der Waals surface area contributed by atoms with Gasteiger partial charge in [0, 0.05) is 25.4 Å². The number of nitrogens with one attached hydrogen (secondary N) is 1. The van der Waals surface area contributed by atoms with Crippen molar-refractivity contribution in [1.82, 2.24) is 15.5 Å². The number of rotatable bonds is 9. The summed E-state index contributed by atoms with van der Waals surface area (Å²) >= 11 is 0. The number of carboxylic acids is 1. The fourth-order valence-corrected chi connectivity index (χ4v) is 2.24. The van der Waals surface area contributed by atoms with Crippen LogP contribution in [0.15, 0.2) is 4.52 Å². The number of hydrogen-bond acceptors (Lipinski definition) is 6. The Labute approximate surface area is 142 Å². The van der Waals surface area contributed by atoms with Gasteiger partial charge in [0.25, 0.3) is 0 Å². The minimum Gasteiger partial charge on any atom is -0.481 e. The van der Waals surface area contributed by atoms with E-state index in [0.717, 1.165) is 0 Å². The van der Waals surface area contributed by atoms with E-state index in [-0.39, 0.29) is 30.8 Å². The van der Waals surface area contributed by atoms with Crippen LogP contribution in [-0.2, 0) is 26.2 Å². The molecule has 0 radical (unpaired) electrons. The second-order valence-corrected chi connectivity index (χ2v) is 7.23. The Morgan fingerprint density at radius 3 is 2.46 bits per heavy atom. The summed E-state index contributed by atoms with van der Waals surface area (Å²) in [6, 6.07) is 0. The zero-order valence-corrected chi connectivity index (χ0v) is 15.0. The standard InChI is InChI=1S/C16H27N3O5/c1-15(2,3)14-17-12(24-19-14)8-6-7-11(20)18-16(4,10-23-5)9-13(21)22/h6-10H2,1-5H3,(H,18,20)(H,21,22). The zero-order valence-electron chi connectivity index (χ0n) is 15.0. The molecule has 0 saturated carbocycles. The molecule has 0 fully saturated rings. The van der Waals surface area contributed by atoms with Crippen molar-refractivity contribution >= 4 is 11.9 Å². The second kappa shape index (κ2) is 8.23. The van der Waals surface area contributed by atoms with Gasteiger partial charge in [-0.1, -0.05) is 25.9 Å². The van der Waals surface area contributed by atoms with Crippen molar-refractivity contribution in [2.45, 2.75) is 64.3 Å². The number of nitrogens with zero attached hydrogens (tertiary/aromatic N) is 2. The molecule has 136 valence electrons. The van der Waals surface area contributed by atoms with E-state index in [2.05, 4.69) is 15.5 Å². The summed E-state index contributed by atoms with van der Waals surface area (Å²) in [7, 11) is 1.47. The Bertz CT molecular complexity index is 564. The molecule has 0 bridgehead atoms. The summed E-state index contributed by atoms with van der Waals surface area (Å²) in [5.74, 6) is -0.0872. The number of ether oxygens (including phenoxy) is 1. The molecule has 0 aliphatic carbocycles. The summed E-state index contributed by atoms with van der Waals surface area (Å²) in [6.07, 6.45) is 1.07. The number of methoxy groups -OCH3 is 1. The molecule has 1 heterocycles. The number of carbonyl (C=O) groups excluding carboxylic acids is 1. The average molecular weight is 341 g/mol. The molecule has 0 aliphatic heterocycles. The third kappa shape index (κ3) is 6.66. The summed E-state index contributed by atoms with van der Waals surface area (Å²) in [4.78, 5) is 27.3. The first-order valence-corrected chi connectivity index (χ1v) is 7.90. The number of aliphatic carboxylic acids is 1. The van der Waals surface area contributed by atoms with Crippen LogP contribution in [0.1, 0.15) is 58.7 Å². The maximum absolute atomic E-state index is 12.0. The molecule has 2 N–H and O–H groups in total. The van der Waals surface area contributed by atoms with Crippen molar-refractivity contribution in [2.75, 3.05) is 13.7 Å². The zero-order chi connectivity index (χ0) is 18.4. The molecule has 8 nitrogen and oxygen atoms in total. The largest absolute Gasteiger partial charge is 0.481 e. The molecule has 1 amide bonds. The number of aromatic nitrogens is 2. The Hall–Kier alpha value is -1.96. The molecule has 0 aromatic carbocycles. The monoisotopic (exact) mass is 341 g/mol. The molecule has 0 aliphatic rings. The lowest BCUT2D eigenvalue weighted by atomic mass is 9.96. The lowest BCUT2D eigenvalue weighted by Crippen LogP contribution is -2.50. The van der Waals surface area contributed by atoms with Crippen LogP contribution in [0, 0.1) is 0 Å². The third-order valence-electron chi connectivity index (χ3n) is 3.38. The predicted octanol–water partition coefficient (Wildman–Crippen LogP) is 1.69. The Kier molecular flexibility index (Phi) is 6.89. The van der Waals surface area contributed by atoms with Crippen molar-refractivity contribution < 1.29 is 24.0 Å². The average Bonchev–Trinajstić information content (AvgIpc) is 2.86. The van der Waals surface area contributed by atoms with Crippen molar-refractivity contribution in [2.24, 2.45) is 0 Å². The van der Waals surface area contributed by atoms with E-state index >= 15 is 0 Å². The molecular weight excluding hydrogens is 314 g/mol. The molecule has 1 rings (SSSR count). The highest BCUT2D eigenvalue weighted by Crippen LogP contribution is 2.19. The molecule has 24 heavy (non-hydrogen) atoms. The predicted molar refractivity (Wildman–Crippen MR) is 86.6 cm³/mol. The van der Waals surface area contributed by atoms with Gasteiger partial charge in [0.15, 0.2) is 5.82 Å². The van der Waals surface area contributed by atoms with Gasteiger partial charge in [0.05, 0.1) is 18.6 Å². The van der Waals surface area contributed by atoms with Crippen molar-refractivity contribution in [1.29, 1.82) is 0 Å². The highest BCUT2D eigenvalue weighted by molar-refractivity contribution is 5.78. The van der Waals surface area contributed by atoms with E-state index in [9.17, 15) is 9.59 Å². The molecular formula is C16H27N3O5. The number of hydrogen-bond donors (Lipinski definition) is 2. The van der Waals surface area contributed by atoms with Gasteiger partial charge in [-0.3, -0.25) is 9.59 Å². The van der Waals surface area contributed by atoms with Gasteiger partial charge in [0.2, 0.25) is 11.8 Å². The fraction of sp³-hybridized carbons (Fsp3) is 0.750. The van der Waals surface area contributed by atoms with Crippen molar-refractivity contribution in [3.05, 3.63) is 11.7 Å². The quantitative estimate of drug-likeness (QED) is 0.702. The van der Waals surface area contributed by atoms with Gasteiger partial charge in [-0.15, -0.1) is 0 Å². The van der Waals surface area contributed by atoms with Gasteiger partial charge in [-0.2, -0.15) is 4.98 Å². The number of carboxylic acid groups (broad SMARTS) is 1. The van der Waals surface area contributed by atoms with E-state index in [1.165, 1.54) is 7.11 Å². The van der Waals surface area contributed by atoms with Crippen LogP contribution in [0.4, 0.5) is 0 Å². The van der Waals surface area contributed by atoms with Crippen LogP contribution in [0.5, 0.6) is 0 Å². The van der Waals surface area contributed by atoms with Gasteiger partial charge < -0.3 is 19.7 Å². The van der Waals surface area contributed by atoms with Crippen molar-refractivity contribution in [3.63, 3.8) is 0 Å². The van der Waals surface area contributed by atoms with Crippen LogP contribution >= 0.6 is 0 Å². The lowest BCUT2D eigenvalue weighted by Gasteiger charge is -2.28. The molecule has 1 unspecified atom stereocenters. The summed E-state index contributed by atoms with van der Waals surface area (Å²) < 4.78 is 10.2. The van der Waals surface area contributed by atoms with Crippen LogP contribution in [-0.4, -0.2) is 46.4 Å². The van der Waals surface area contributed by atoms with Crippen molar-refractivity contribution in [3.8, 4) is 0 Å². The summed E-state index contributed by atoms with van der Waals surface area (Å²) in [5, 5.41) is 15.6. The normalized spacial score (nSPS) is 14.2. The minimum atomic E-state index is -0.990. The van der Waals surface area contributed by atoms with Crippen LogP contribution in [0.25, 0.3) is 0 Å². The molecule has 0 spiro atoms. The molecule has 0 saturated heterocycles. The van der Waals surface area contributed by atoms with Crippen LogP contribution in [0.2, 0.25) is 0 Å². The minimum absolute atomic E-state index is 0.129. The Balaban J connectivity index is 2.48. The van der Waals surface area contributed by atoms with E-state index in [1.54, 1.807) is 6.92 Å². The molecule has 1 atom stereocenters. The van der Waals surface area contributed by atoms with E-state index in [1.807, 2.05) is 20.8 Å². The van der Waals surface area contributed by atoms with Gasteiger partial charge in [-0.05, 0) is 13.3 Å². The van der Waals surface area contributed by atoms with Gasteiger partial charge in [-0.25, -0.2) is 0 Å². The first-order chi connectivity index (χ1) is 11.1. The van der Waals surface area contributed by atoms with E-state index < -0.39 is 11.5 Å². The van der Waals surface area contributed by atoms with Gasteiger partial charge >= 0.3 is 5.97 Å². The maximum Gasteiger partial charge on any atom is 0.305 e. The number of aryl methyl sites for hydroxylation is 1. The van der Waals surface area contributed by atoms with Gasteiger partial charge in [0.1, 0.15) is 0 Å². The third-order valence-corrected chi connectivity index (χ3v) is 3.38. The fourth-order valence-electron chi connectivity index (χ4n) is 2.24. The van der Waals surface area contributed by atoms with E-state index in [4.69, 9.17) is 14.4 Å². The lowest BCUT2D eigenvalue weighted by molar-refractivity contribution is -0.139. The Morgan fingerprint density at radius 2 is 1.96 bits per heavy atom. The topological polar surface area (TPSA) is 115 Å². The highest BCUT2D eigenvalue weighted by atomic mass is 16.5. The number of carbonyl (C=O) groups is 2. The summed E-state index contributed by atoms with van der Waals surface area (Å²) in [6.45, 7) is 7.76. The first-order valence-electron chi connectivity index (χ1n) is 7.90. The van der Waals surface area contributed by atoms with Crippen LogP contribution in [0.3, 0.4) is 0 Å². The molecule has 1 aromatic heterocycles. The Morgan fingerprint density at radius 1 is 1.29 bits per heavy atom. The SMILES string of the molecule is COCC(C)(CC(=O)O)NC(=O)CCCc1nc(C(C)(C)C)no1. The van der Waals surface area contributed by atoms with E-state index in [0.29, 0.717) is 24.6 Å². The summed E-state index contributed by atoms with van der Waals surface area (Å²) in [5.41, 5.74) is -1.11. The first kappa shape index (κ1) is 20.1. The second-order valence-electron chi connectivity index (χ2n) is 7.23. The highest BCUT2D eigenvalue weighted by Gasteiger charge is 2.29.